The largest absolute Gasteiger partial charge is 0.497 e. The highest BCUT2D eigenvalue weighted by molar-refractivity contribution is 7.80. The van der Waals surface area contributed by atoms with Crippen molar-refractivity contribution in [3.63, 3.8) is 0 Å². The van der Waals surface area contributed by atoms with Gasteiger partial charge in [-0.15, -0.1) is 0 Å². The molecule has 0 aromatic heterocycles. The molecule has 3 aromatic carbocycles. The number of imide groups is 1. The lowest BCUT2D eigenvalue weighted by Gasteiger charge is -2.30. The smallest absolute Gasteiger partial charge is 0.257 e. The van der Waals surface area contributed by atoms with E-state index >= 15 is 0 Å². The van der Waals surface area contributed by atoms with Gasteiger partial charge in [-0.05, 0) is 84.9 Å². The molecule has 0 spiro atoms. The third kappa shape index (κ3) is 5.78. The molecule has 0 saturated carbocycles. The van der Waals surface area contributed by atoms with Crippen LogP contribution in [0.2, 0.25) is 5.02 Å². The third-order valence-corrected chi connectivity index (χ3v) is 6.33. The molecule has 1 heterocycles. The summed E-state index contributed by atoms with van der Waals surface area (Å²) >= 11 is 11.6. The zero-order chi connectivity index (χ0) is 24.9. The van der Waals surface area contributed by atoms with Gasteiger partial charge in [0.1, 0.15) is 17.6 Å². The highest BCUT2D eigenvalue weighted by Gasteiger charge is 2.43. The molecule has 1 N–H and O–H groups in total. The van der Waals surface area contributed by atoms with Gasteiger partial charge in [0.2, 0.25) is 5.91 Å². The van der Waals surface area contributed by atoms with Crippen molar-refractivity contribution in [3.05, 3.63) is 89.2 Å². The molecule has 9 heteroatoms. The molecule has 1 fully saturated rings. The maximum atomic E-state index is 13.4. The van der Waals surface area contributed by atoms with Gasteiger partial charge in [0.15, 0.2) is 5.11 Å². The Bertz CT molecular complexity index is 1220. The van der Waals surface area contributed by atoms with Gasteiger partial charge in [-0.1, -0.05) is 23.7 Å². The van der Waals surface area contributed by atoms with Gasteiger partial charge in [-0.2, -0.15) is 0 Å². The Hall–Kier alpha value is -3.49. The van der Waals surface area contributed by atoms with E-state index in [-0.39, 0.29) is 29.2 Å². The first kappa shape index (κ1) is 24.6. The molecule has 0 bridgehead atoms. The number of carbonyl (C=O) groups is 2. The first-order chi connectivity index (χ1) is 16.9. The summed E-state index contributed by atoms with van der Waals surface area (Å²) in [6.45, 7) is 0.384. The number of carbonyl (C=O) groups excluding carboxylic acids is 2. The molecule has 6 nitrogen and oxygen atoms in total. The minimum atomic E-state index is -0.780. The number of hydrogen-bond acceptors (Lipinski definition) is 4. The molecule has 4 rings (SSSR count). The zero-order valence-electron chi connectivity index (χ0n) is 18.9. The Balaban J connectivity index is 1.57. The van der Waals surface area contributed by atoms with Crippen molar-refractivity contribution in [1.82, 2.24) is 4.90 Å². The lowest BCUT2D eigenvalue weighted by atomic mass is 10.1. The fourth-order valence-electron chi connectivity index (χ4n) is 3.89. The number of rotatable bonds is 7. The van der Waals surface area contributed by atoms with Crippen molar-refractivity contribution in [2.45, 2.75) is 18.9 Å². The highest BCUT2D eigenvalue weighted by Crippen LogP contribution is 2.28. The van der Waals surface area contributed by atoms with Crippen molar-refractivity contribution >= 4 is 52.1 Å². The molecule has 180 valence electrons. The summed E-state index contributed by atoms with van der Waals surface area (Å²) in [6, 6.07) is 19.1. The quantitative estimate of drug-likeness (QED) is 0.353. The first-order valence-electron chi connectivity index (χ1n) is 10.9. The molecule has 2 amide bonds. The van der Waals surface area contributed by atoms with E-state index < -0.39 is 6.04 Å². The zero-order valence-corrected chi connectivity index (χ0v) is 20.5. The van der Waals surface area contributed by atoms with Crippen LogP contribution in [-0.2, 0) is 16.0 Å². The summed E-state index contributed by atoms with van der Waals surface area (Å²) in [4.78, 5) is 29.3. The Morgan fingerprint density at radius 1 is 1.09 bits per heavy atom. The van der Waals surface area contributed by atoms with Crippen molar-refractivity contribution in [2.24, 2.45) is 0 Å². The van der Waals surface area contributed by atoms with Gasteiger partial charge in [0.05, 0.1) is 19.2 Å². The van der Waals surface area contributed by atoms with Gasteiger partial charge in [0, 0.05) is 17.3 Å². The molecule has 1 unspecified atom stereocenters. The number of benzene rings is 3. The van der Waals surface area contributed by atoms with Crippen LogP contribution in [0.4, 0.5) is 15.8 Å². The van der Waals surface area contributed by atoms with Gasteiger partial charge >= 0.3 is 0 Å². The number of anilines is 2. The molecule has 35 heavy (non-hydrogen) atoms. The van der Waals surface area contributed by atoms with Crippen LogP contribution < -0.4 is 15.0 Å². The Kier molecular flexibility index (Phi) is 7.63. The van der Waals surface area contributed by atoms with Crippen LogP contribution in [0.15, 0.2) is 72.8 Å². The third-order valence-electron chi connectivity index (χ3n) is 5.74. The number of thiocarbonyl (C=S) groups is 1. The van der Waals surface area contributed by atoms with Crippen LogP contribution in [0.5, 0.6) is 5.75 Å². The number of halogens is 2. The minimum absolute atomic E-state index is 0.0171. The number of hydrogen-bond donors (Lipinski definition) is 1. The summed E-state index contributed by atoms with van der Waals surface area (Å²) < 4.78 is 18.5. The normalized spacial score (nSPS) is 15.3. The van der Waals surface area contributed by atoms with Crippen molar-refractivity contribution in [2.75, 3.05) is 23.9 Å². The second-order valence-corrected chi connectivity index (χ2v) is 8.82. The van der Waals surface area contributed by atoms with Gasteiger partial charge < -0.3 is 15.0 Å². The van der Waals surface area contributed by atoms with E-state index in [2.05, 4.69) is 5.32 Å². The summed E-state index contributed by atoms with van der Waals surface area (Å²) in [5.74, 6) is -0.419. The average molecular weight is 512 g/mol. The lowest BCUT2D eigenvalue weighted by molar-refractivity contribution is -0.122. The Morgan fingerprint density at radius 3 is 2.37 bits per heavy atom. The van der Waals surface area contributed by atoms with Crippen molar-refractivity contribution < 1.29 is 18.7 Å². The van der Waals surface area contributed by atoms with Crippen LogP contribution >= 0.6 is 23.8 Å². The summed E-state index contributed by atoms with van der Waals surface area (Å²) in [6.07, 6.45) is 0.555. The molecular formula is C26H23ClFN3O3S. The van der Waals surface area contributed by atoms with Crippen LogP contribution in [0.1, 0.15) is 12.0 Å². The Labute approximate surface area is 213 Å². The fraction of sp³-hybridized carbons (Fsp3) is 0.192. The second kappa shape index (κ2) is 10.8. The number of ether oxygens (including phenoxy) is 1. The summed E-state index contributed by atoms with van der Waals surface area (Å²) in [7, 11) is 1.55. The number of nitrogens with zero attached hydrogens (tertiary/aromatic N) is 2. The van der Waals surface area contributed by atoms with E-state index in [0.717, 1.165) is 5.56 Å². The van der Waals surface area contributed by atoms with Gasteiger partial charge in [0.25, 0.3) is 5.91 Å². The molecule has 1 aliphatic rings. The van der Waals surface area contributed by atoms with Crippen molar-refractivity contribution in [3.8, 4) is 5.75 Å². The van der Waals surface area contributed by atoms with E-state index in [0.29, 0.717) is 35.1 Å². The van der Waals surface area contributed by atoms with E-state index in [9.17, 15) is 14.0 Å². The minimum Gasteiger partial charge on any atom is -0.497 e. The molecule has 1 atom stereocenters. The average Bonchev–Trinajstić information content (AvgIpc) is 3.15. The topological polar surface area (TPSA) is 61.9 Å². The first-order valence-corrected chi connectivity index (χ1v) is 11.7. The standard InChI is InChI=1S/C26H23ClFN3O3S/c1-34-22-12-10-21(11-13-22)31-24(32)16-23(25(31)33)30(15-14-17-2-4-18(27)5-3-17)26(35)29-20-8-6-19(28)7-9-20/h2-13,23H,14-16H2,1H3,(H,29,35). The summed E-state index contributed by atoms with van der Waals surface area (Å²) in [5, 5.41) is 3.97. The number of amides is 2. The van der Waals surface area contributed by atoms with E-state index in [1.165, 1.54) is 17.0 Å². The monoisotopic (exact) mass is 511 g/mol. The van der Waals surface area contributed by atoms with E-state index in [4.69, 9.17) is 28.6 Å². The molecule has 1 saturated heterocycles. The van der Waals surface area contributed by atoms with Crippen LogP contribution in [0, 0.1) is 5.82 Å². The maximum absolute atomic E-state index is 13.4. The molecule has 0 radical (unpaired) electrons. The van der Waals surface area contributed by atoms with Crippen LogP contribution in [0.3, 0.4) is 0 Å². The molecular weight excluding hydrogens is 489 g/mol. The molecule has 1 aliphatic heterocycles. The summed E-state index contributed by atoms with van der Waals surface area (Å²) in [5.41, 5.74) is 2.06. The van der Waals surface area contributed by atoms with Crippen LogP contribution in [-0.4, -0.2) is 41.5 Å². The molecule has 3 aromatic rings. The van der Waals surface area contributed by atoms with E-state index in [1.54, 1.807) is 60.5 Å². The van der Waals surface area contributed by atoms with Gasteiger partial charge in [-0.3, -0.25) is 9.59 Å². The predicted octanol–water partition coefficient (Wildman–Crippen LogP) is 5.06. The van der Waals surface area contributed by atoms with Crippen LogP contribution in [0.25, 0.3) is 0 Å². The number of methoxy groups -OCH3 is 1. The lowest BCUT2D eigenvalue weighted by Crippen LogP contribution is -2.48. The van der Waals surface area contributed by atoms with Crippen molar-refractivity contribution in [1.29, 1.82) is 0 Å². The maximum Gasteiger partial charge on any atom is 0.257 e. The fourth-order valence-corrected chi connectivity index (χ4v) is 4.35. The van der Waals surface area contributed by atoms with Gasteiger partial charge in [-0.25, -0.2) is 9.29 Å². The SMILES string of the molecule is COc1ccc(N2C(=O)CC(N(CCc3ccc(Cl)cc3)C(=S)Nc3ccc(F)cc3)C2=O)cc1. The number of nitrogens with one attached hydrogen (secondary N) is 1. The molecule has 0 aliphatic carbocycles. The highest BCUT2D eigenvalue weighted by atomic mass is 35.5. The predicted molar refractivity (Wildman–Crippen MR) is 138 cm³/mol. The Morgan fingerprint density at radius 2 is 1.74 bits per heavy atom. The second-order valence-electron chi connectivity index (χ2n) is 7.99. The van der Waals surface area contributed by atoms with E-state index in [1.807, 2.05) is 12.1 Å².